The minimum absolute atomic E-state index is 0.0180. The maximum absolute atomic E-state index is 11.2. The van der Waals surface area contributed by atoms with E-state index in [1.807, 2.05) is 0 Å². The summed E-state index contributed by atoms with van der Waals surface area (Å²) < 4.78 is 0. The molecule has 0 aromatic carbocycles. The van der Waals surface area contributed by atoms with Gasteiger partial charge in [-0.2, -0.15) is 4.99 Å². The molecule has 2 fully saturated rings. The SMILES string of the molecule is O=C=NC1C(=O)N2CCCS[C@H]12. The van der Waals surface area contributed by atoms with Crippen molar-refractivity contribution in [3.8, 4) is 0 Å². The molecule has 2 aliphatic heterocycles. The van der Waals surface area contributed by atoms with Gasteiger partial charge < -0.3 is 4.90 Å². The summed E-state index contributed by atoms with van der Waals surface area (Å²) in [4.78, 5) is 26.4. The molecule has 0 spiro atoms. The van der Waals surface area contributed by atoms with Gasteiger partial charge in [0.15, 0.2) is 6.04 Å². The minimum atomic E-state index is -0.437. The molecule has 2 saturated heterocycles. The van der Waals surface area contributed by atoms with Gasteiger partial charge in [-0.25, -0.2) is 4.79 Å². The smallest absolute Gasteiger partial charge is 0.252 e. The van der Waals surface area contributed by atoms with Gasteiger partial charge in [-0.1, -0.05) is 0 Å². The zero-order chi connectivity index (χ0) is 8.55. The minimum Gasteiger partial charge on any atom is -0.326 e. The highest BCUT2D eigenvalue weighted by Gasteiger charge is 2.48. The lowest BCUT2D eigenvalue weighted by molar-refractivity contribution is -0.144. The molecule has 0 aromatic heterocycles. The average molecular weight is 184 g/mol. The Kier molecular flexibility index (Phi) is 1.90. The summed E-state index contributed by atoms with van der Waals surface area (Å²) in [6, 6.07) is -0.437. The lowest BCUT2D eigenvalue weighted by Crippen LogP contribution is -2.63. The first-order valence-electron chi connectivity index (χ1n) is 3.83. The second-order valence-electron chi connectivity index (χ2n) is 2.81. The van der Waals surface area contributed by atoms with Crippen molar-refractivity contribution in [1.82, 2.24) is 4.90 Å². The van der Waals surface area contributed by atoms with Crippen molar-refractivity contribution in [2.75, 3.05) is 12.3 Å². The van der Waals surface area contributed by atoms with Crippen LogP contribution in [0.4, 0.5) is 0 Å². The summed E-state index contributed by atoms with van der Waals surface area (Å²) >= 11 is 1.70. The average Bonchev–Trinajstić information content (AvgIpc) is 2.13. The summed E-state index contributed by atoms with van der Waals surface area (Å²) in [5.74, 6) is 1.04. The van der Waals surface area contributed by atoms with Crippen LogP contribution in [-0.4, -0.2) is 40.6 Å². The van der Waals surface area contributed by atoms with Crippen molar-refractivity contribution >= 4 is 23.7 Å². The van der Waals surface area contributed by atoms with E-state index in [0.717, 1.165) is 18.7 Å². The van der Waals surface area contributed by atoms with Crippen LogP contribution in [0.25, 0.3) is 0 Å². The predicted octanol–water partition coefficient (Wildman–Crippen LogP) is -0.00400. The standard InChI is InChI=1S/C7H8N2O2S/c10-4-8-5-6(11)9-2-1-3-12-7(5)9/h5,7H,1-3H2/t5?,7-/m1/s1. The van der Waals surface area contributed by atoms with Gasteiger partial charge in [-0.15, -0.1) is 11.8 Å². The van der Waals surface area contributed by atoms with Gasteiger partial charge in [0, 0.05) is 6.54 Å². The summed E-state index contributed by atoms with van der Waals surface area (Å²) in [6.07, 6.45) is 2.49. The van der Waals surface area contributed by atoms with Gasteiger partial charge in [0.2, 0.25) is 6.08 Å². The van der Waals surface area contributed by atoms with E-state index >= 15 is 0 Å². The number of isocyanates is 1. The Hall–Kier alpha value is -0.800. The highest BCUT2D eigenvalue weighted by molar-refractivity contribution is 8.00. The Balaban J connectivity index is 2.10. The number of carbonyl (C=O) groups excluding carboxylic acids is 2. The number of nitrogens with zero attached hydrogens (tertiary/aromatic N) is 2. The van der Waals surface area contributed by atoms with E-state index in [4.69, 9.17) is 0 Å². The molecule has 0 aliphatic carbocycles. The molecule has 1 unspecified atom stereocenters. The van der Waals surface area contributed by atoms with Crippen LogP contribution in [-0.2, 0) is 9.59 Å². The lowest BCUT2D eigenvalue weighted by atomic mass is 10.1. The third-order valence-corrected chi connectivity index (χ3v) is 3.52. The number of rotatable bonds is 1. The first kappa shape index (κ1) is 7.83. The molecule has 2 aliphatic rings. The van der Waals surface area contributed by atoms with Crippen molar-refractivity contribution in [3.63, 3.8) is 0 Å². The van der Waals surface area contributed by atoms with E-state index in [0.29, 0.717) is 0 Å². The number of hydrogen-bond donors (Lipinski definition) is 0. The van der Waals surface area contributed by atoms with Crippen LogP contribution in [0, 0.1) is 0 Å². The fourth-order valence-corrected chi connectivity index (χ4v) is 2.82. The van der Waals surface area contributed by atoms with Crippen LogP contribution < -0.4 is 0 Å². The van der Waals surface area contributed by atoms with Gasteiger partial charge in [0.1, 0.15) is 5.37 Å². The van der Waals surface area contributed by atoms with Gasteiger partial charge in [-0.05, 0) is 12.2 Å². The molecule has 2 rings (SSSR count). The Morgan fingerprint density at radius 3 is 3.25 bits per heavy atom. The predicted molar refractivity (Wildman–Crippen MR) is 44.5 cm³/mol. The van der Waals surface area contributed by atoms with E-state index in [-0.39, 0.29) is 11.3 Å². The maximum atomic E-state index is 11.2. The summed E-state index contributed by atoms with van der Waals surface area (Å²) in [5.41, 5.74) is 0. The number of carbonyl (C=O) groups is 1. The summed E-state index contributed by atoms with van der Waals surface area (Å²) in [6.45, 7) is 0.821. The van der Waals surface area contributed by atoms with Crippen LogP contribution >= 0.6 is 11.8 Å². The van der Waals surface area contributed by atoms with Crippen LogP contribution in [0.2, 0.25) is 0 Å². The molecule has 0 radical (unpaired) electrons. The summed E-state index contributed by atoms with van der Waals surface area (Å²) in [5, 5.41) is 0.118. The molecule has 2 atom stereocenters. The van der Waals surface area contributed by atoms with Crippen LogP contribution in [0.5, 0.6) is 0 Å². The topological polar surface area (TPSA) is 49.7 Å². The number of fused-ring (bicyclic) bond motifs is 1. The number of hydrogen-bond acceptors (Lipinski definition) is 4. The molecule has 1 amide bonds. The highest BCUT2D eigenvalue weighted by Crippen LogP contribution is 2.35. The van der Waals surface area contributed by atoms with E-state index < -0.39 is 6.04 Å². The normalized spacial score (nSPS) is 33.3. The largest absolute Gasteiger partial charge is 0.326 e. The third kappa shape index (κ3) is 0.974. The molecule has 0 bridgehead atoms. The fraction of sp³-hybridized carbons (Fsp3) is 0.714. The first-order chi connectivity index (χ1) is 5.84. The number of thioether (sulfide) groups is 1. The zero-order valence-electron chi connectivity index (χ0n) is 6.40. The Morgan fingerprint density at radius 2 is 2.50 bits per heavy atom. The Morgan fingerprint density at radius 1 is 1.67 bits per heavy atom. The van der Waals surface area contributed by atoms with Gasteiger partial charge in [0.05, 0.1) is 0 Å². The Labute approximate surface area is 74.0 Å². The highest BCUT2D eigenvalue weighted by atomic mass is 32.2. The molecule has 12 heavy (non-hydrogen) atoms. The monoisotopic (exact) mass is 184 g/mol. The van der Waals surface area contributed by atoms with E-state index in [1.54, 1.807) is 16.7 Å². The molecule has 0 aromatic rings. The second-order valence-corrected chi connectivity index (χ2v) is 4.04. The van der Waals surface area contributed by atoms with Gasteiger partial charge in [0.25, 0.3) is 5.91 Å². The van der Waals surface area contributed by atoms with Crippen molar-refractivity contribution < 1.29 is 9.59 Å². The molecule has 0 saturated carbocycles. The van der Waals surface area contributed by atoms with E-state index in [9.17, 15) is 9.59 Å². The van der Waals surface area contributed by atoms with E-state index in [1.165, 1.54) is 6.08 Å². The molecule has 4 nitrogen and oxygen atoms in total. The van der Waals surface area contributed by atoms with Crippen LogP contribution in [0.15, 0.2) is 4.99 Å². The molecular formula is C7H8N2O2S. The molecule has 64 valence electrons. The van der Waals surface area contributed by atoms with Crippen molar-refractivity contribution in [2.24, 2.45) is 4.99 Å². The molecule has 2 heterocycles. The Bertz CT molecular complexity index is 262. The molecular weight excluding hydrogens is 176 g/mol. The van der Waals surface area contributed by atoms with Gasteiger partial charge >= 0.3 is 0 Å². The number of aliphatic imine (C=N–C) groups is 1. The third-order valence-electron chi connectivity index (χ3n) is 2.14. The fourth-order valence-electron chi connectivity index (χ4n) is 1.54. The van der Waals surface area contributed by atoms with E-state index in [2.05, 4.69) is 4.99 Å². The number of β-lactam (4-membered cyclic amide) rings is 1. The zero-order valence-corrected chi connectivity index (χ0v) is 7.21. The maximum Gasteiger partial charge on any atom is 0.252 e. The van der Waals surface area contributed by atoms with Crippen LogP contribution in [0.1, 0.15) is 6.42 Å². The lowest BCUT2D eigenvalue weighted by Gasteiger charge is -2.46. The number of amides is 1. The quantitative estimate of drug-likeness (QED) is 0.327. The van der Waals surface area contributed by atoms with Crippen molar-refractivity contribution in [1.29, 1.82) is 0 Å². The first-order valence-corrected chi connectivity index (χ1v) is 4.88. The van der Waals surface area contributed by atoms with Gasteiger partial charge in [-0.3, -0.25) is 4.79 Å². The van der Waals surface area contributed by atoms with Crippen molar-refractivity contribution in [3.05, 3.63) is 0 Å². The van der Waals surface area contributed by atoms with Crippen molar-refractivity contribution in [2.45, 2.75) is 17.8 Å². The molecule has 5 heteroatoms. The second kappa shape index (κ2) is 2.92. The molecule has 0 N–H and O–H groups in total. The van der Waals surface area contributed by atoms with Crippen LogP contribution in [0.3, 0.4) is 0 Å². The summed E-state index contributed by atoms with van der Waals surface area (Å²) in [7, 11) is 0.